The lowest BCUT2D eigenvalue weighted by atomic mass is 9.87. The average molecular weight is 113 g/mol. The molecule has 0 saturated heterocycles. The van der Waals surface area contributed by atoms with Crippen LogP contribution in [0.15, 0.2) is 0 Å². The van der Waals surface area contributed by atoms with Gasteiger partial charge in [0.2, 0.25) is 7.41 Å². The predicted molar refractivity (Wildman–Crippen MR) is 37.9 cm³/mol. The zero-order valence-electron chi connectivity index (χ0n) is 5.48. The topological polar surface area (TPSA) is 38.0 Å². The molecule has 0 atom stereocenters. The van der Waals surface area contributed by atoms with Crippen LogP contribution in [0.5, 0.6) is 0 Å². The summed E-state index contributed by atoms with van der Waals surface area (Å²) in [4.78, 5) is 0. The molecule has 3 N–H and O–H groups in total. The summed E-state index contributed by atoms with van der Waals surface area (Å²) in [5, 5.41) is 2.96. The largest absolute Gasteiger partial charge is 0.363 e. The van der Waals surface area contributed by atoms with Crippen molar-refractivity contribution in [2.45, 2.75) is 19.2 Å². The monoisotopic (exact) mass is 113 g/mol. The lowest BCUT2D eigenvalue weighted by molar-refractivity contribution is 0.800. The standard InChI is InChI=1S/C5H14BN2/c1-8-6-4-2-3-5-7/h8H,2-5,7H2,1H3. The van der Waals surface area contributed by atoms with Gasteiger partial charge in [0, 0.05) is 0 Å². The normalized spacial score (nSPS) is 9.25. The summed E-state index contributed by atoms with van der Waals surface area (Å²) in [6.45, 7) is 0.817. The maximum Gasteiger partial charge on any atom is 0.205 e. The third-order valence-corrected chi connectivity index (χ3v) is 1.01. The highest BCUT2D eigenvalue weighted by molar-refractivity contribution is 6.31. The smallest absolute Gasteiger partial charge is 0.205 e. The predicted octanol–water partition coefficient (Wildman–Crippen LogP) is -0.0178. The minimum atomic E-state index is 0.817. The minimum absolute atomic E-state index is 0.817. The Bertz CT molecular complexity index is 35.4. The Morgan fingerprint density at radius 2 is 2.25 bits per heavy atom. The van der Waals surface area contributed by atoms with E-state index in [0.717, 1.165) is 19.3 Å². The van der Waals surface area contributed by atoms with Gasteiger partial charge in [0.05, 0.1) is 0 Å². The van der Waals surface area contributed by atoms with Crippen LogP contribution in [0, 0.1) is 0 Å². The number of rotatable bonds is 5. The SMILES string of the molecule is CN[B]CCCCN. The molecule has 1 radical (unpaired) electrons. The maximum atomic E-state index is 5.28. The lowest BCUT2D eigenvalue weighted by Gasteiger charge is -1.93. The van der Waals surface area contributed by atoms with E-state index in [0.29, 0.717) is 0 Å². The second-order valence-corrected chi connectivity index (χ2v) is 1.78. The summed E-state index contributed by atoms with van der Waals surface area (Å²) >= 11 is 0. The number of nitrogens with two attached hydrogens (primary N) is 1. The van der Waals surface area contributed by atoms with Crippen LogP contribution in [0.25, 0.3) is 0 Å². The van der Waals surface area contributed by atoms with Crippen LogP contribution >= 0.6 is 0 Å². The molecule has 0 aliphatic carbocycles. The van der Waals surface area contributed by atoms with E-state index in [9.17, 15) is 0 Å². The van der Waals surface area contributed by atoms with Crippen molar-refractivity contribution in [3.8, 4) is 0 Å². The Labute approximate surface area is 52.1 Å². The van der Waals surface area contributed by atoms with Crippen LogP contribution in [0.2, 0.25) is 6.32 Å². The van der Waals surface area contributed by atoms with Gasteiger partial charge in [-0.05, 0) is 20.0 Å². The Hall–Kier alpha value is -0.0151. The van der Waals surface area contributed by atoms with Gasteiger partial charge in [0.15, 0.2) is 0 Å². The summed E-state index contributed by atoms with van der Waals surface area (Å²) in [6.07, 6.45) is 3.48. The van der Waals surface area contributed by atoms with Crippen LogP contribution in [0.1, 0.15) is 12.8 Å². The van der Waals surface area contributed by atoms with Crippen LogP contribution in [0.3, 0.4) is 0 Å². The summed E-state index contributed by atoms with van der Waals surface area (Å²) in [5.41, 5.74) is 5.28. The lowest BCUT2D eigenvalue weighted by Crippen LogP contribution is -2.12. The minimum Gasteiger partial charge on any atom is -0.363 e. The fourth-order valence-corrected chi connectivity index (χ4v) is 0.535. The van der Waals surface area contributed by atoms with Crippen LogP contribution < -0.4 is 11.0 Å². The first kappa shape index (κ1) is 7.98. The molecule has 8 heavy (non-hydrogen) atoms. The van der Waals surface area contributed by atoms with Crippen molar-refractivity contribution in [3.05, 3.63) is 0 Å². The van der Waals surface area contributed by atoms with Gasteiger partial charge in [-0.1, -0.05) is 12.7 Å². The fraction of sp³-hybridized carbons (Fsp3) is 1.00. The maximum absolute atomic E-state index is 5.28. The summed E-state index contributed by atoms with van der Waals surface area (Å²) < 4.78 is 0. The zero-order chi connectivity index (χ0) is 6.24. The molecule has 0 heterocycles. The van der Waals surface area contributed by atoms with Crippen LogP contribution in [0.4, 0.5) is 0 Å². The number of hydrogen-bond acceptors (Lipinski definition) is 2. The third-order valence-electron chi connectivity index (χ3n) is 1.01. The quantitative estimate of drug-likeness (QED) is 0.388. The van der Waals surface area contributed by atoms with Crippen molar-refractivity contribution in [3.63, 3.8) is 0 Å². The van der Waals surface area contributed by atoms with Crippen molar-refractivity contribution >= 4 is 7.41 Å². The second kappa shape index (κ2) is 6.98. The number of nitrogens with one attached hydrogen (secondary N) is 1. The number of unbranched alkanes of at least 4 members (excludes halogenated alkanes) is 1. The van der Waals surface area contributed by atoms with E-state index in [1.54, 1.807) is 0 Å². The van der Waals surface area contributed by atoms with E-state index in [1.807, 2.05) is 7.05 Å². The molecule has 0 saturated carbocycles. The van der Waals surface area contributed by atoms with E-state index >= 15 is 0 Å². The molecular formula is C5H14BN2. The Morgan fingerprint density at radius 3 is 2.75 bits per heavy atom. The van der Waals surface area contributed by atoms with E-state index in [4.69, 9.17) is 5.73 Å². The van der Waals surface area contributed by atoms with E-state index in [-0.39, 0.29) is 0 Å². The Balaban J connectivity index is 2.53. The van der Waals surface area contributed by atoms with Gasteiger partial charge in [-0.3, -0.25) is 0 Å². The van der Waals surface area contributed by atoms with Gasteiger partial charge in [0.25, 0.3) is 0 Å². The highest BCUT2D eigenvalue weighted by atomic mass is 14.7. The van der Waals surface area contributed by atoms with Crippen LogP contribution in [-0.2, 0) is 0 Å². The average Bonchev–Trinajstić information content (AvgIpc) is 1.81. The highest BCUT2D eigenvalue weighted by Gasteiger charge is 1.85. The zero-order valence-corrected chi connectivity index (χ0v) is 5.48. The summed E-state index contributed by atoms with van der Waals surface area (Å²) in [6, 6.07) is 0. The van der Waals surface area contributed by atoms with E-state index < -0.39 is 0 Å². The van der Waals surface area contributed by atoms with Gasteiger partial charge >= 0.3 is 0 Å². The van der Waals surface area contributed by atoms with Crippen molar-refractivity contribution < 1.29 is 0 Å². The Kier molecular flexibility index (Phi) is 6.97. The molecule has 0 aromatic carbocycles. The Morgan fingerprint density at radius 1 is 1.50 bits per heavy atom. The third kappa shape index (κ3) is 5.98. The molecule has 0 aliphatic heterocycles. The first-order valence-corrected chi connectivity index (χ1v) is 3.11. The first-order valence-electron chi connectivity index (χ1n) is 3.11. The highest BCUT2D eigenvalue weighted by Crippen LogP contribution is 1.89. The van der Waals surface area contributed by atoms with Crippen molar-refractivity contribution in [2.75, 3.05) is 13.6 Å². The second-order valence-electron chi connectivity index (χ2n) is 1.78. The molecule has 0 aliphatic rings. The molecule has 0 spiro atoms. The summed E-state index contributed by atoms with van der Waals surface area (Å²) in [7, 11) is 3.97. The van der Waals surface area contributed by atoms with Crippen molar-refractivity contribution in [1.82, 2.24) is 5.23 Å². The molecular weight excluding hydrogens is 98.9 g/mol. The van der Waals surface area contributed by atoms with Gasteiger partial charge in [0.1, 0.15) is 0 Å². The van der Waals surface area contributed by atoms with Gasteiger partial charge < -0.3 is 11.0 Å². The first-order chi connectivity index (χ1) is 3.91. The van der Waals surface area contributed by atoms with Crippen molar-refractivity contribution in [1.29, 1.82) is 0 Å². The molecule has 0 rings (SSSR count). The van der Waals surface area contributed by atoms with Crippen LogP contribution in [-0.4, -0.2) is 21.0 Å². The molecule has 0 unspecified atom stereocenters. The van der Waals surface area contributed by atoms with E-state index in [2.05, 4.69) is 12.6 Å². The molecule has 3 heteroatoms. The van der Waals surface area contributed by atoms with Crippen molar-refractivity contribution in [2.24, 2.45) is 5.73 Å². The molecule has 0 bridgehead atoms. The van der Waals surface area contributed by atoms with Gasteiger partial charge in [-0.25, -0.2) is 0 Å². The van der Waals surface area contributed by atoms with E-state index in [1.165, 1.54) is 6.42 Å². The molecule has 0 amide bonds. The molecule has 0 fully saturated rings. The fourth-order valence-electron chi connectivity index (χ4n) is 0.535. The molecule has 2 nitrogen and oxygen atoms in total. The molecule has 0 aromatic heterocycles. The van der Waals surface area contributed by atoms with Gasteiger partial charge in [-0.15, -0.1) is 0 Å². The summed E-state index contributed by atoms with van der Waals surface area (Å²) in [5.74, 6) is 0. The molecule has 47 valence electrons. The number of hydrogen-bond donors (Lipinski definition) is 2. The molecule has 0 aromatic rings. The van der Waals surface area contributed by atoms with Gasteiger partial charge in [-0.2, -0.15) is 0 Å².